The van der Waals surface area contributed by atoms with Crippen molar-refractivity contribution >= 4 is 33.2 Å². The first kappa shape index (κ1) is 15.3. The topological polar surface area (TPSA) is 46.2 Å². The molecule has 0 heterocycles. The molecule has 0 atom stereocenters. The summed E-state index contributed by atoms with van der Waals surface area (Å²) in [4.78, 5) is -0.173. The van der Waals surface area contributed by atoms with Gasteiger partial charge in [-0.25, -0.2) is 17.5 Å². The zero-order valence-electron chi connectivity index (χ0n) is 10.1. The highest BCUT2D eigenvalue weighted by Crippen LogP contribution is 2.22. The Morgan fingerprint density at radius 1 is 1.05 bits per heavy atom. The predicted octanol–water partition coefficient (Wildman–Crippen LogP) is 3.61. The minimum Gasteiger partial charge on any atom is -0.207 e. The predicted molar refractivity (Wildman–Crippen MR) is 76.9 cm³/mol. The summed E-state index contributed by atoms with van der Waals surface area (Å²) in [7, 11) is -3.83. The van der Waals surface area contributed by atoms with E-state index in [-0.39, 0.29) is 16.5 Å². The third-order valence-corrected chi connectivity index (χ3v) is 4.85. The van der Waals surface area contributed by atoms with E-state index in [9.17, 15) is 12.8 Å². The smallest absolute Gasteiger partial charge is 0.207 e. The Kier molecular flexibility index (Phi) is 4.65. The van der Waals surface area contributed by atoms with E-state index in [0.29, 0.717) is 10.6 Å². The zero-order valence-corrected chi connectivity index (χ0v) is 12.4. The highest BCUT2D eigenvalue weighted by molar-refractivity contribution is 7.89. The van der Waals surface area contributed by atoms with Crippen LogP contribution in [0.25, 0.3) is 0 Å². The average Bonchev–Trinajstić information content (AvgIpc) is 2.37. The van der Waals surface area contributed by atoms with Gasteiger partial charge >= 0.3 is 0 Å². The molecule has 0 amide bonds. The molecule has 0 aliphatic heterocycles. The van der Waals surface area contributed by atoms with Gasteiger partial charge in [-0.2, -0.15) is 0 Å². The van der Waals surface area contributed by atoms with Crippen LogP contribution in [0.15, 0.2) is 47.4 Å². The van der Waals surface area contributed by atoms with Crippen molar-refractivity contribution < 1.29 is 12.8 Å². The van der Waals surface area contributed by atoms with Gasteiger partial charge in [0, 0.05) is 11.6 Å². The molecule has 3 nitrogen and oxygen atoms in total. The monoisotopic (exact) mass is 333 g/mol. The van der Waals surface area contributed by atoms with Crippen molar-refractivity contribution in [3.05, 3.63) is 63.9 Å². The lowest BCUT2D eigenvalue weighted by Gasteiger charge is -2.09. The van der Waals surface area contributed by atoms with E-state index in [4.69, 9.17) is 23.2 Å². The first-order valence-electron chi connectivity index (χ1n) is 5.58. The summed E-state index contributed by atoms with van der Waals surface area (Å²) in [6.45, 7) is 0.0235. The summed E-state index contributed by atoms with van der Waals surface area (Å²) in [5, 5.41) is 0.289. The normalized spacial score (nSPS) is 11.6. The molecule has 0 aliphatic rings. The molecule has 0 saturated heterocycles. The number of hydrogen-bond donors (Lipinski definition) is 1. The van der Waals surface area contributed by atoms with E-state index in [0.717, 1.165) is 18.2 Å². The minimum atomic E-state index is -3.83. The number of nitrogens with one attached hydrogen (secondary N) is 1. The van der Waals surface area contributed by atoms with Gasteiger partial charge in [-0.15, -0.1) is 0 Å². The first-order chi connectivity index (χ1) is 9.40. The summed E-state index contributed by atoms with van der Waals surface area (Å²) >= 11 is 11.7. The van der Waals surface area contributed by atoms with Gasteiger partial charge in [0.25, 0.3) is 0 Å². The molecule has 106 valence electrons. The Labute approximate surface area is 126 Å². The van der Waals surface area contributed by atoms with Crippen LogP contribution in [0.4, 0.5) is 4.39 Å². The van der Waals surface area contributed by atoms with Crippen molar-refractivity contribution in [3.63, 3.8) is 0 Å². The molecule has 0 saturated carbocycles. The Bertz CT molecular complexity index is 735. The molecule has 20 heavy (non-hydrogen) atoms. The molecular weight excluding hydrogens is 324 g/mol. The third-order valence-electron chi connectivity index (χ3n) is 2.59. The van der Waals surface area contributed by atoms with Gasteiger partial charge in [0.2, 0.25) is 10.0 Å². The Morgan fingerprint density at radius 2 is 1.75 bits per heavy atom. The molecule has 1 N–H and O–H groups in total. The van der Waals surface area contributed by atoms with Crippen LogP contribution in [0.2, 0.25) is 10.0 Å². The quantitative estimate of drug-likeness (QED) is 0.928. The van der Waals surface area contributed by atoms with Gasteiger partial charge in [-0.05, 0) is 29.8 Å². The molecule has 0 radical (unpaired) electrons. The fourth-order valence-corrected chi connectivity index (χ4v) is 3.32. The molecule has 0 aliphatic carbocycles. The lowest BCUT2D eigenvalue weighted by atomic mass is 10.2. The van der Waals surface area contributed by atoms with Crippen molar-refractivity contribution in [3.8, 4) is 0 Å². The molecular formula is C13H10Cl2FNO2S. The highest BCUT2D eigenvalue weighted by Gasteiger charge is 2.18. The number of rotatable bonds is 4. The van der Waals surface area contributed by atoms with Crippen molar-refractivity contribution in [2.75, 3.05) is 0 Å². The summed E-state index contributed by atoms with van der Waals surface area (Å²) in [6, 6.07) is 9.97. The van der Waals surface area contributed by atoms with Crippen LogP contribution in [0.1, 0.15) is 5.56 Å². The second-order valence-corrected chi connectivity index (χ2v) is 6.54. The number of hydrogen-bond acceptors (Lipinski definition) is 2. The molecule has 2 aromatic carbocycles. The van der Waals surface area contributed by atoms with Crippen molar-refractivity contribution in [2.45, 2.75) is 11.4 Å². The summed E-state index contributed by atoms with van der Waals surface area (Å²) in [6.07, 6.45) is 0. The van der Waals surface area contributed by atoms with E-state index in [1.807, 2.05) is 0 Å². The van der Waals surface area contributed by atoms with E-state index in [2.05, 4.69) is 4.72 Å². The summed E-state index contributed by atoms with van der Waals surface area (Å²) in [5.41, 5.74) is 0.635. The molecule has 0 spiro atoms. The molecule has 7 heteroatoms. The second-order valence-electron chi connectivity index (χ2n) is 3.99. The van der Waals surface area contributed by atoms with E-state index in [1.165, 1.54) is 0 Å². The van der Waals surface area contributed by atoms with Crippen LogP contribution in [0.5, 0.6) is 0 Å². The minimum absolute atomic E-state index is 0.0235. The van der Waals surface area contributed by atoms with E-state index >= 15 is 0 Å². The lowest BCUT2D eigenvalue weighted by molar-refractivity contribution is 0.580. The van der Waals surface area contributed by atoms with Gasteiger partial charge < -0.3 is 0 Å². The third kappa shape index (κ3) is 3.49. The Morgan fingerprint density at radius 3 is 2.40 bits per heavy atom. The van der Waals surface area contributed by atoms with Crippen molar-refractivity contribution in [1.29, 1.82) is 0 Å². The van der Waals surface area contributed by atoms with Gasteiger partial charge in [0.05, 0.1) is 5.02 Å². The average molecular weight is 334 g/mol. The maximum atomic E-state index is 12.9. The number of benzene rings is 2. The molecule has 0 aromatic heterocycles. The van der Waals surface area contributed by atoms with Gasteiger partial charge in [0.1, 0.15) is 10.7 Å². The molecule has 0 fully saturated rings. The maximum Gasteiger partial charge on any atom is 0.242 e. The van der Waals surface area contributed by atoms with Crippen LogP contribution in [0.3, 0.4) is 0 Å². The molecule has 2 aromatic rings. The van der Waals surface area contributed by atoms with Crippen LogP contribution in [0, 0.1) is 5.82 Å². The van der Waals surface area contributed by atoms with E-state index in [1.54, 1.807) is 24.3 Å². The van der Waals surface area contributed by atoms with Crippen molar-refractivity contribution in [2.24, 2.45) is 0 Å². The standard InChI is InChI=1S/C13H10Cl2FNO2S/c14-11-4-2-1-3-9(11)8-17-20(18,19)13-6-5-10(16)7-12(13)15/h1-7,17H,8H2. The second kappa shape index (κ2) is 6.10. The number of halogens is 3. The molecule has 2 rings (SSSR count). The fraction of sp³-hybridized carbons (Fsp3) is 0.0769. The molecule has 0 unspecified atom stereocenters. The Hall–Kier alpha value is -1.14. The number of sulfonamides is 1. The van der Waals surface area contributed by atoms with Crippen LogP contribution in [-0.2, 0) is 16.6 Å². The highest BCUT2D eigenvalue weighted by atomic mass is 35.5. The zero-order chi connectivity index (χ0) is 14.8. The fourth-order valence-electron chi connectivity index (χ4n) is 1.59. The van der Waals surface area contributed by atoms with E-state index < -0.39 is 15.8 Å². The first-order valence-corrected chi connectivity index (χ1v) is 7.82. The van der Waals surface area contributed by atoms with Gasteiger partial charge in [-0.3, -0.25) is 0 Å². The summed E-state index contributed by atoms with van der Waals surface area (Å²) in [5.74, 6) is -0.597. The SMILES string of the molecule is O=S(=O)(NCc1ccccc1Cl)c1ccc(F)cc1Cl. The van der Waals surface area contributed by atoms with Gasteiger partial charge in [0.15, 0.2) is 0 Å². The van der Waals surface area contributed by atoms with Crippen LogP contribution in [-0.4, -0.2) is 8.42 Å². The Balaban J connectivity index is 2.22. The van der Waals surface area contributed by atoms with Crippen LogP contribution >= 0.6 is 23.2 Å². The largest absolute Gasteiger partial charge is 0.242 e. The maximum absolute atomic E-state index is 12.9. The van der Waals surface area contributed by atoms with Crippen LogP contribution < -0.4 is 4.72 Å². The summed E-state index contributed by atoms with van der Waals surface area (Å²) < 4.78 is 39.5. The lowest BCUT2D eigenvalue weighted by Crippen LogP contribution is -2.23. The van der Waals surface area contributed by atoms with Gasteiger partial charge in [-0.1, -0.05) is 41.4 Å². The van der Waals surface area contributed by atoms with Crippen molar-refractivity contribution in [1.82, 2.24) is 4.72 Å². The molecule has 0 bridgehead atoms.